The van der Waals surface area contributed by atoms with Crippen molar-refractivity contribution in [2.45, 2.75) is 31.1 Å². The number of fused-ring (bicyclic) bond motifs is 1. The van der Waals surface area contributed by atoms with Gasteiger partial charge in [-0.25, -0.2) is 15.0 Å². The number of nitrogens with one attached hydrogen (secondary N) is 2. The molecule has 0 aliphatic carbocycles. The molecule has 0 amide bonds. The largest absolute Gasteiger partial charge is 0.404 e. The molecule has 2 atom stereocenters. The number of rotatable bonds is 2. The second-order valence-corrected chi connectivity index (χ2v) is 5.24. The quantitative estimate of drug-likeness (QED) is 0.885. The Hall–Kier alpha value is -1.90. The number of piperidine rings is 1. The van der Waals surface area contributed by atoms with Gasteiger partial charge in [-0.15, -0.1) is 0 Å². The molecule has 1 fully saturated rings. The number of halogens is 3. The first-order valence-electron chi connectivity index (χ1n) is 6.62. The standard InChI is InChI=1S/C12H15F3N6/c1-21-4-7(2-3-8(21)12(13,14)15)20-11-9-10(17-5-16-9)18-6-19-11/h5-8H,2-4H2,1H3,(H2,16,17,18,19,20)/t7-,8-/m0/s1. The van der Waals surface area contributed by atoms with Gasteiger partial charge in [-0.1, -0.05) is 0 Å². The van der Waals surface area contributed by atoms with Crippen molar-refractivity contribution >= 4 is 17.0 Å². The number of hydrogen-bond acceptors (Lipinski definition) is 5. The van der Waals surface area contributed by atoms with Crippen LogP contribution in [0.5, 0.6) is 0 Å². The Morgan fingerprint density at radius 2 is 2.10 bits per heavy atom. The van der Waals surface area contributed by atoms with Crippen LogP contribution < -0.4 is 5.32 Å². The predicted molar refractivity (Wildman–Crippen MR) is 70.8 cm³/mol. The molecular weight excluding hydrogens is 285 g/mol. The van der Waals surface area contributed by atoms with Crippen LogP contribution in [0, 0.1) is 0 Å². The minimum atomic E-state index is -4.18. The van der Waals surface area contributed by atoms with Gasteiger partial charge in [-0.2, -0.15) is 13.2 Å². The summed E-state index contributed by atoms with van der Waals surface area (Å²) in [6, 6.07) is -1.46. The zero-order valence-electron chi connectivity index (χ0n) is 11.4. The van der Waals surface area contributed by atoms with Crippen LogP contribution in [0.4, 0.5) is 19.0 Å². The summed E-state index contributed by atoms with van der Waals surface area (Å²) >= 11 is 0. The summed E-state index contributed by atoms with van der Waals surface area (Å²) in [5, 5.41) is 3.18. The summed E-state index contributed by atoms with van der Waals surface area (Å²) in [6.45, 7) is 0.309. The number of aromatic amines is 1. The third-order valence-corrected chi connectivity index (χ3v) is 3.77. The fraction of sp³-hybridized carbons (Fsp3) is 0.583. The average Bonchev–Trinajstić information content (AvgIpc) is 2.86. The molecule has 3 rings (SSSR count). The fourth-order valence-corrected chi connectivity index (χ4v) is 2.74. The number of imidazole rings is 1. The van der Waals surface area contributed by atoms with Crippen LogP contribution in [0.1, 0.15) is 12.8 Å². The van der Waals surface area contributed by atoms with Gasteiger partial charge in [0.25, 0.3) is 0 Å². The molecule has 2 N–H and O–H groups in total. The molecule has 9 heteroatoms. The Balaban J connectivity index is 1.71. The summed E-state index contributed by atoms with van der Waals surface area (Å²) in [5.74, 6) is 0.571. The van der Waals surface area contributed by atoms with Crippen LogP contribution in [0.3, 0.4) is 0 Å². The molecule has 21 heavy (non-hydrogen) atoms. The predicted octanol–water partition coefficient (Wildman–Crippen LogP) is 1.79. The first-order valence-corrected chi connectivity index (χ1v) is 6.62. The van der Waals surface area contributed by atoms with Crippen LogP contribution in [-0.2, 0) is 0 Å². The van der Waals surface area contributed by atoms with E-state index in [4.69, 9.17) is 0 Å². The Morgan fingerprint density at radius 3 is 2.81 bits per heavy atom. The highest BCUT2D eigenvalue weighted by Gasteiger charge is 2.44. The number of nitrogens with zero attached hydrogens (tertiary/aromatic N) is 4. The molecule has 3 heterocycles. The van der Waals surface area contributed by atoms with Gasteiger partial charge in [-0.3, -0.25) is 4.90 Å². The first kappa shape index (κ1) is 14.1. The molecule has 2 aromatic rings. The van der Waals surface area contributed by atoms with Gasteiger partial charge in [0.2, 0.25) is 0 Å². The lowest BCUT2D eigenvalue weighted by molar-refractivity contribution is -0.187. The second-order valence-electron chi connectivity index (χ2n) is 5.24. The third-order valence-electron chi connectivity index (χ3n) is 3.77. The minimum Gasteiger partial charge on any atom is -0.364 e. The zero-order valence-corrected chi connectivity index (χ0v) is 11.4. The van der Waals surface area contributed by atoms with E-state index < -0.39 is 12.2 Å². The normalized spacial score (nSPS) is 24.4. The number of likely N-dealkylation sites (tertiary alicyclic amines) is 1. The summed E-state index contributed by atoms with van der Waals surface area (Å²) in [6.07, 6.45) is -0.762. The number of aromatic nitrogens is 4. The van der Waals surface area contributed by atoms with Gasteiger partial charge in [0.05, 0.1) is 6.33 Å². The maximum absolute atomic E-state index is 12.8. The van der Waals surface area contributed by atoms with Crippen molar-refractivity contribution < 1.29 is 13.2 Å². The van der Waals surface area contributed by atoms with Crippen molar-refractivity contribution in [3.63, 3.8) is 0 Å². The molecule has 0 bridgehead atoms. The SMILES string of the molecule is CN1C[C@@H](Nc2ncnc3nc[nH]c23)CC[C@H]1C(F)(F)F. The number of anilines is 1. The molecule has 0 radical (unpaired) electrons. The van der Waals surface area contributed by atoms with Gasteiger partial charge in [-0.05, 0) is 19.9 Å². The van der Waals surface area contributed by atoms with Gasteiger partial charge < -0.3 is 10.3 Å². The molecule has 0 spiro atoms. The third kappa shape index (κ3) is 2.78. The Morgan fingerprint density at radius 1 is 1.29 bits per heavy atom. The summed E-state index contributed by atoms with van der Waals surface area (Å²) < 4.78 is 38.4. The monoisotopic (exact) mass is 300 g/mol. The maximum atomic E-state index is 12.8. The van der Waals surface area contributed by atoms with Crippen LogP contribution >= 0.6 is 0 Å². The van der Waals surface area contributed by atoms with Crippen molar-refractivity contribution in [1.29, 1.82) is 0 Å². The molecule has 1 saturated heterocycles. The van der Waals surface area contributed by atoms with Crippen molar-refractivity contribution in [3.8, 4) is 0 Å². The van der Waals surface area contributed by atoms with Crippen molar-refractivity contribution in [2.24, 2.45) is 0 Å². The van der Waals surface area contributed by atoms with Gasteiger partial charge in [0.15, 0.2) is 11.5 Å². The van der Waals surface area contributed by atoms with E-state index in [2.05, 4.69) is 25.3 Å². The molecule has 1 aliphatic rings. The van der Waals surface area contributed by atoms with Crippen LogP contribution in [-0.4, -0.2) is 56.7 Å². The lowest BCUT2D eigenvalue weighted by Crippen LogP contribution is -2.52. The van der Waals surface area contributed by atoms with E-state index in [9.17, 15) is 13.2 Å². The van der Waals surface area contributed by atoms with E-state index in [-0.39, 0.29) is 12.5 Å². The summed E-state index contributed by atoms with van der Waals surface area (Å²) in [4.78, 5) is 16.4. The lowest BCUT2D eigenvalue weighted by Gasteiger charge is -2.38. The molecule has 2 aromatic heterocycles. The highest BCUT2D eigenvalue weighted by atomic mass is 19.4. The average molecular weight is 300 g/mol. The summed E-state index contributed by atoms with van der Waals surface area (Å²) in [7, 11) is 1.50. The minimum absolute atomic E-state index is 0.0782. The number of hydrogen-bond donors (Lipinski definition) is 2. The highest BCUT2D eigenvalue weighted by Crippen LogP contribution is 2.31. The highest BCUT2D eigenvalue weighted by molar-refractivity contribution is 5.82. The van der Waals surface area contributed by atoms with Gasteiger partial charge in [0.1, 0.15) is 17.9 Å². The van der Waals surface area contributed by atoms with Crippen molar-refractivity contribution in [3.05, 3.63) is 12.7 Å². The van der Waals surface area contributed by atoms with E-state index in [0.717, 1.165) is 0 Å². The molecular formula is C12H15F3N6. The first-order chi connectivity index (χ1) is 9.95. The lowest BCUT2D eigenvalue weighted by atomic mass is 9.98. The van der Waals surface area contributed by atoms with Crippen LogP contribution in [0.15, 0.2) is 12.7 Å². The second kappa shape index (κ2) is 5.14. The van der Waals surface area contributed by atoms with E-state index in [0.29, 0.717) is 29.9 Å². The van der Waals surface area contributed by atoms with E-state index in [1.54, 1.807) is 0 Å². The Labute approximate surface area is 118 Å². The Bertz CT molecular complexity index is 625. The van der Waals surface area contributed by atoms with Gasteiger partial charge in [0, 0.05) is 12.6 Å². The van der Waals surface area contributed by atoms with Crippen molar-refractivity contribution in [2.75, 3.05) is 18.9 Å². The molecule has 0 aromatic carbocycles. The fourth-order valence-electron chi connectivity index (χ4n) is 2.74. The maximum Gasteiger partial charge on any atom is 0.404 e. The summed E-state index contributed by atoms with van der Waals surface area (Å²) in [5.41, 5.74) is 1.20. The molecule has 114 valence electrons. The smallest absolute Gasteiger partial charge is 0.364 e. The van der Waals surface area contributed by atoms with E-state index >= 15 is 0 Å². The number of likely N-dealkylation sites (N-methyl/N-ethyl adjacent to an activating group) is 1. The van der Waals surface area contributed by atoms with E-state index in [1.165, 1.54) is 24.6 Å². The number of alkyl halides is 3. The van der Waals surface area contributed by atoms with Crippen LogP contribution in [0.25, 0.3) is 11.2 Å². The Kier molecular flexibility index (Phi) is 3.44. The van der Waals surface area contributed by atoms with Crippen molar-refractivity contribution in [1.82, 2.24) is 24.8 Å². The van der Waals surface area contributed by atoms with Crippen LogP contribution in [0.2, 0.25) is 0 Å². The molecule has 6 nitrogen and oxygen atoms in total. The zero-order chi connectivity index (χ0) is 15.0. The molecule has 0 saturated carbocycles. The topological polar surface area (TPSA) is 69.7 Å². The van der Waals surface area contributed by atoms with E-state index in [1.807, 2.05) is 0 Å². The molecule has 1 aliphatic heterocycles. The number of H-pyrrole nitrogens is 1. The molecule has 0 unspecified atom stereocenters. The van der Waals surface area contributed by atoms with Gasteiger partial charge >= 0.3 is 6.18 Å².